The summed E-state index contributed by atoms with van der Waals surface area (Å²) < 4.78 is 62.3. The Morgan fingerprint density at radius 2 is 1.73 bits per heavy atom. The normalized spacial score (nSPS) is 24.8. The van der Waals surface area contributed by atoms with E-state index in [0.717, 1.165) is 56.4 Å². The maximum atomic E-state index is 14.9. The summed E-state index contributed by atoms with van der Waals surface area (Å²) in [6, 6.07) is 7.11. The number of ether oxygens (including phenoxy) is 2. The zero-order chi connectivity index (χ0) is 23.5. The van der Waals surface area contributed by atoms with Crippen LogP contribution < -0.4 is 9.47 Å². The number of benzene rings is 2. The highest BCUT2D eigenvalue weighted by Crippen LogP contribution is 2.48. The third-order valence-corrected chi connectivity index (χ3v) is 6.99. The molecule has 0 radical (unpaired) electrons. The maximum Gasteiger partial charge on any atom is 0.387 e. The highest BCUT2D eigenvalue weighted by molar-refractivity contribution is 5.91. The van der Waals surface area contributed by atoms with E-state index in [1.807, 2.05) is 0 Å². The smallest absolute Gasteiger partial charge is 0.387 e. The molecule has 4 rings (SSSR count). The molecule has 2 fully saturated rings. The van der Waals surface area contributed by atoms with Gasteiger partial charge < -0.3 is 9.47 Å². The van der Waals surface area contributed by atoms with E-state index in [1.165, 1.54) is 12.5 Å². The first-order valence-corrected chi connectivity index (χ1v) is 11.2. The molecular formula is C26H26F4O3. The minimum absolute atomic E-state index is 0.00950. The van der Waals surface area contributed by atoms with Gasteiger partial charge in [0.1, 0.15) is 11.6 Å². The number of hydrogen-bond acceptors (Lipinski definition) is 3. The molecular weight excluding hydrogens is 436 g/mol. The van der Waals surface area contributed by atoms with Crippen molar-refractivity contribution >= 4 is 5.97 Å². The van der Waals surface area contributed by atoms with Crippen molar-refractivity contribution in [2.75, 3.05) is 0 Å². The van der Waals surface area contributed by atoms with Crippen LogP contribution >= 0.6 is 0 Å². The topological polar surface area (TPSA) is 35.5 Å². The number of rotatable bonds is 6. The van der Waals surface area contributed by atoms with Crippen LogP contribution in [0.4, 0.5) is 17.6 Å². The number of carbonyl (C=O) groups is 1. The van der Waals surface area contributed by atoms with Gasteiger partial charge in [0.25, 0.3) is 0 Å². The summed E-state index contributed by atoms with van der Waals surface area (Å²) in [6.45, 7) is 0.750. The highest BCUT2D eigenvalue weighted by atomic mass is 19.3. The van der Waals surface area contributed by atoms with Crippen LogP contribution in [0.25, 0.3) is 0 Å². The van der Waals surface area contributed by atoms with Crippen LogP contribution in [-0.4, -0.2) is 12.6 Å². The summed E-state index contributed by atoms with van der Waals surface area (Å²) in [4.78, 5) is 12.4. The molecule has 0 aliphatic heterocycles. The van der Waals surface area contributed by atoms with Gasteiger partial charge in [-0.05, 0) is 92.0 Å². The molecule has 3 nitrogen and oxygen atoms in total. The Bertz CT molecular complexity index is 1020. The number of hydrogen-bond donors (Lipinski definition) is 0. The van der Waals surface area contributed by atoms with Crippen LogP contribution in [0.5, 0.6) is 11.5 Å². The average Bonchev–Trinajstić information content (AvgIpc) is 2.79. The molecule has 0 N–H and O–H groups in total. The molecule has 7 heteroatoms. The Kier molecular flexibility index (Phi) is 7.05. The summed E-state index contributed by atoms with van der Waals surface area (Å²) in [7, 11) is 0. The van der Waals surface area contributed by atoms with Gasteiger partial charge in [0, 0.05) is 6.07 Å². The fourth-order valence-electron chi connectivity index (χ4n) is 5.31. The Balaban J connectivity index is 1.41. The number of alkyl halides is 2. The standard InChI is InChI=1S/C26H26F4O3/c1-2-15-3-4-17-12-18(6-5-16(17)11-15)21-9-7-19(13-22(21)27)25(31)32-20-8-10-24(23(28)14-20)33-26(29)30/h2,7-10,13-18,26H,1,3-6,11-12H2. The van der Waals surface area contributed by atoms with Gasteiger partial charge in [-0.1, -0.05) is 12.1 Å². The van der Waals surface area contributed by atoms with E-state index in [2.05, 4.69) is 17.4 Å². The van der Waals surface area contributed by atoms with Gasteiger partial charge in [-0.2, -0.15) is 8.78 Å². The lowest BCUT2D eigenvalue weighted by molar-refractivity contribution is -0.0522. The van der Waals surface area contributed by atoms with E-state index in [-0.39, 0.29) is 17.2 Å². The molecule has 2 aromatic rings. The van der Waals surface area contributed by atoms with Crippen molar-refractivity contribution in [3.05, 3.63) is 71.8 Å². The first-order chi connectivity index (χ1) is 15.8. The van der Waals surface area contributed by atoms with Gasteiger partial charge in [-0.25, -0.2) is 13.6 Å². The van der Waals surface area contributed by atoms with E-state index < -0.39 is 30.0 Å². The molecule has 2 aromatic carbocycles. The van der Waals surface area contributed by atoms with Crippen LogP contribution in [0.15, 0.2) is 49.1 Å². The number of allylic oxidation sites excluding steroid dienone is 1. The Labute approximate surface area is 190 Å². The molecule has 2 aliphatic carbocycles. The second kappa shape index (κ2) is 9.98. The fourth-order valence-corrected chi connectivity index (χ4v) is 5.31. The Morgan fingerprint density at radius 1 is 0.970 bits per heavy atom. The Hall–Kier alpha value is -2.83. The predicted octanol–water partition coefficient (Wildman–Crippen LogP) is 7.27. The third-order valence-electron chi connectivity index (χ3n) is 6.99. The van der Waals surface area contributed by atoms with E-state index >= 15 is 0 Å². The quantitative estimate of drug-likeness (QED) is 0.196. The first-order valence-electron chi connectivity index (χ1n) is 11.2. The summed E-state index contributed by atoms with van der Waals surface area (Å²) in [5.41, 5.74) is 0.597. The summed E-state index contributed by atoms with van der Waals surface area (Å²) in [5.74, 6) is -1.30. The van der Waals surface area contributed by atoms with Crippen molar-refractivity contribution < 1.29 is 31.8 Å². The molecule has 0 bridgehead atoms. The van der Waals surface area contributed by atoms with E-state index in [0.29, 0.717) is 23.3 Å². The summed E-state index contributed by atoms with van der Waals surface area (Å²) in [5, 5.41) is 0. The van der Waals surface area contributed by atoms with Crippen LogP contribution in [0.3, 0.4) is 0 Å². The number of esters is 1. The van der Waals surface area contributed by atoms with Crippen LogP contribution in [0.1, 0.15) is 60.4 Å². The molecule has 0 heterocycles. The van der Waals surface area contributed by atoms with E-state index in [1.54, 1.807) is 6.07 Å². The van der Waals surface area contributed by atoms with Crippen molar-refractivity contribution in [3.8, 4) is 11.5 Å². The minimum atomic E-state index is -3.17. The molecule has 0 aromatic heterocycles. The van der Waals surface area contributed by atoms with Gasteiger partial charge in [0.2, 0.25) is 0 Å². The Morgan fingerprint density at radius 3 is 2.42 bits per heavy atom. The van der Waals surface area contributed by atoms with E-state index in [4.69, 9.17) is 4.74 Å². The number of fused-ring (bicyclic) bond motifs is 1. The second-order valence-electron chi connectivity index (χ2n) is 8.94. The molecule has 0 spiro atoms. The molecule has 2 aliphatic rings. The molecule has 33 heavy (non-hydrogen) atoms. The maximum absolute atomic E-state index is 14.9. The van der Waals surface area contributed by atoms with Crippen LogP contribution in [0.2, 0.25) is 0 Å². The lowest BCUT2D eigenvalue weighted by atomic mass is 9.64. The average molecular weight is 462 g/mol. The monoisotopic (exact) mass is 462 g/mol. The molecule has 0 saturated heterocycles. The van der Waals surface area contributed by atoms with Crippen LogP contribution in [0, 0.1) is 29.4 Å². The molecule has 4 atom stereocenters. The zero-order valence-electron chi connectivity index (χ0n) is 18.1. The van der Waals surface area contributed by atoms with E-state index in [9.17, 15) is 22.4 Å². The summed E-state index contributed by atoms with van der Waals surface area (Å²) in [6.07, 6.45) is 8.44. The third kappa shape index (κ3) is 5.40. The van der Waals surface area contributed by atoms with Gasteiger partial charge in [-0.3, -0.25) is 0 Å². The van der Waals surface area contributed by atoms with Crippen molar-refractivity contribution in [1.82, 2.24) is 0 Å². The van der Waals surface area contributed by atoms with Crippen molar-refractivity contribution in [2.45, 2.75) is 51.1 Å². The van der Waals surface area contributed by atoms with Crippen LogP contribution in [-0.2, 0) is 0 Å². The predicted molar refractivity (Wildman–Crippen MR) is 116 cm³/mol. The fraction of sp³-hybridized carbons (Fsp3) is 0.423. The second-order valence-corrected chi connectivity index (χ2v) is 8.94. The van der Waals surface area contributed by atoms with Gasteiger partial charge in [0.15, 0.2) is 11.6 Å². The first kappa shape index (κ1) is 23.3. The van der Waals surface area contributed by atoms with Crippen molar-refractivity contribution in [3.63, 3.8) is 0 Å². The zero-order valence-corrected chi connectivity index (χ0v) is 18.1. The molecule has 4 unspecified atom stereocenters. The van der Waals surface area contributed by atoms with Gasteiger partial charge >= 0.3 is 12.6 Å². The number of carbonyl (C=O) groups excluding carboxylic acids is 1. The van der Waals surface area contributed by atoms with Crippen molar-refractivity contribution in [2.24, 2.45) is 17.8 Å². The lowest BCUT2D eigenvalue weighted by Gasteiger charge is -2.41. The van der Waals surface area contributed by atoms with Gasteiger partial charge in [-0.15, -0.1) is 6.58 Å². The summed E-state index contributed by atoms with van der Waals surface area (Å²) >= 11 is 0. The molecule has 2 saturated carbocycles. The SMILES string of the molecule is C=CC1CCC2CC(c3ccc(C(=O)Oc4ccc(OC(F)F)c(F)c4)cc3F)CCC2C1. The van der Waals surface area contributed by atoms with Gasteiger partial charge in [0.05, 0.1) is 5.56 Å². The van der Waals surface area contributed by atoms with Crippen molar-refractivity contribution in [1.29, 1.82) is 0 Å². The number of halogens is 4. The molecule has 176 valence electrons. The molecule has 0 amide bonds. The highest BCUT2D eigenvalue weighted by Gasteiger charge is 2.36. The largest absolute Gasteiger partial charge is 0.432 e. The lowest BCUT2D eigenvalue weighted by Crippen LogP contribution is -2.30. The minimum Gasteiger partial charge on any atom is -0.432 e.